The Bertz CT molecular complexity index is 437. The van der Waals surface area contributed by atoms with Crippen molar-refractivity contribution in [2.45, 2.75) is 25.3 Å². The molecule has 0 aliphatic heterocycles. The van der Waals surface area contributed by atoms with Crippen LogP contribution < -0.4 is 4.74 Å². The highest BCUT2D eigenvalue weighted by Gasteiger charge is 2.38. The summed E-state index contributed by atoms with van der Waals surface area (Å²) >= 11 is 0. The molecule has 0 aromatic heterocycles. The van der Waals surface area contributed by atoms with Crippen LogP contribution in [-0.2, 0) is 0 Å². The molecule has 1 aromatic rings. The van der Waals surface area contributed by atoms with Gasteiger partial charge < -0.3 is 4.74 Å². The van der Waals surface area contributed by atoms with Gasteiger partial charge in [0.15, 0.2) is 5.78 Å². The van der Waals surface area contributed by atoms with Crippen molar-refractivity contribution in [3.05, 3.63) is 42.5 Å². The Kier molecular flexibility index (Phi) is 5.31. The highest BCUT2D eigenvalue weighted by molar-refractivity contribution is 6.03. The Balaban J connectivity index is 3.14. The van der Waals surface area contributed by atoms with E-state index in [0.29, 0.717) is 12.0 Å². The molecule has 0 bridgehead atoms. The molecule has 0 N–H and O–H groups in total. The smallest absolute Gasteiger partial charge is 0.183 e. The number of hydrogen-bond donors (Lipinski definition) is 0. The molecule has 0 aliphatic carbocycles. The first-order valence-corrected chi connectivity index (χ1v) is 6.49. The van der Waals surface area contributed by atoms with E-state index in [9.17, 15) is 4.79 Å². The van der Waals surface area contributed by atoms with E-state index < -0.39 is 5.54 Å². The maximum absolute atomic E-state index is 12.8. The summed E-state index contributed by atoms with van der Waals surface area (Å²) in [7, 11) is 5.49. The Morgan fingerprint density at radius 3 is 2.32 bits per heavy atom. The van der Waals surface area contributed by atoms with Crippen LogP contribution in [0.25, 0.3) is 0 Å². The second-order valence-corrected chi connectivity index (χ2v) is 4.83. The quantitative estimate of drug-likeness (QED) is 0.558. The molecular formula is C16H23NO2. The largest absolute Gasteiger partial charge is 0.497 e. The van der Waals surface area contributed by atoms with Crippen molar-refractivity contribution in [3.63, 3.8) is 0 Å². The first-order valence-electron chi connectivity index (χ1n) is 6.49. The van der Waals surface area contributed by atoms with Gasteiger partial charge in [-0.2, -0.15) is 0 Å². The van der Waals surface area contributed by atoms with Gasteiger partial charge >= 0.3 is 0 Å². The number of hydrogen-bond acceptors (Lipinski definition) is 3. The van der Waals surface area contributed by atoms with Crippen LogP contribution in [0.5, 0.6) is 5.75 Å². The van der Waals surface area contributed by atoms with Crippen LogP contribution in [0.4, 0.5) is 0 Å². The number of ketones is 1. The number of carbonyl (C=O) groups excluding carboxylic acids is 1. The van der Waals surface area contributed by atoms with Crippen LogP contribution >= 0.6 is 0 Å². The van der Waals surface area contributed by atoms with Crippen LogP contribution in [0, 0.1) is 0 Å². The molecule has 0 fully saturated rings. The minimum absolute atomic E-state index is 0.127. The van der Waals surface area contributed by atoms with Crippen molar-refractivity contribution < 1.29 is 9.53 Å². The normalized spacial score (nSPS) is 13.9. The van der Waals surface area contributed by atoms with E-state index in [1.165, 1.54) is 0 Å². The third-order valence-electron chi connectivity index (χ3n) is 3.70. The topological polar surface area (TPSA) is 29.5 Å². The van der Waals surface area contributed by atoms with E-state index in [1.807, 2.05) is 56.3 Å². The first kappa shape index (κ1) is 15.4. The zero-order valence-corrected chi connectivity index (χ0v) is 12.3. The second-order valence-electron chi connectivity index (χ2n) is 4.83. The number of ether oxygens (including phenoxy) is 1. The average Bonchev–Trinajstić information content (AvgIpc) is 2.44. The number of benzene rings is 1. The summed E-state index contributed by atoms with van der Waals surface area (Å²) in [5.41, 5.74) is 0.189. The van der Waals surface area contributed by atoms with E-state index in [0.717, 1.165) is 12.2 Å². The van der Waals surface area contributed by atoms with Gasteiger partial charge in [0, 0.05) is 5.56 Å². The zero-order chi connectivity index (χ0) is 14.5. The predicted molar refractivity (Wildman–Crippen MR) is 78.8 cm³/mol. The maximum Gasteiger partial charge on any atom is 0.183 e. The van der Waals surface area contributed by atoms with Gasteiger partial charge in [-0.1, -0.05) is 13.0 Å². The number of methoxy groups -OCH3 is 1. The Morgan fingerprint density at radius 1 is 1.37 bits per heavy atom. The molecule has 3 nitrogen and oxygen atoms in total. The fraction of sp³-hybridized carbons (Fsp3) is 0.438. The van der Waals surface area contributed by atoms with Gasteiger partial charge in [0.2, 0.25) is 0 Å². The van der Waals surface area contributed by atoms with Crippen molar-refractivity contribution in [1.82, 2.24) is 4.90 Å². The van der Waals surface area contributed by atoms with E-state index in [1.54, 1.807) is 7.11 Å². The van der Waals surface area contributed by atoms with Crippen LogP contribution in [0.2, 0.25) is 0 Å². The molecule has 1 unspecified atom stereocenters. The van der Waals surface area contributed by atoms with Gasteiger partial charge in [0.25, 0.3) is 0 Å². The molecule has 0 heterocycles. The van der Waals surface area contributed by atoms with Crippen LogP contribution in [0.15, 0.2) is 36.9 Å². The molecule has 1 atom stereocenters. The third kappa shape index (κ3) is 3.04. The van der Waals surface area contributed by atoms with Gasteiger partial charge in [0.05, 0.1) is 12.6 Å². The van der Waals surface area contributed by atoms with Crippen molar-refractivity contribution in [2.24, 2.45) is 0 Å². The lowest BCUT2D eigenvalue weighted by atomic mass is 9.82. The lowest BCUT2D eigenvalue weighted by molar-refractivity contribution is 0.0673. The van der Waals surface area contributed by atoms with Crippen molar-refractivity contribution in [1.29, 1.82) is 0 Å². The van der Waals surface area contributed by atoms with Crippen molar-refractivity contribution in [2.75, 3.05) is 21.2 Å². The molecule has 104 valence electrons. The molecule has 0 radical (unpaired) electrons. The van der Waals surface area contributed by atoms with Gasteiger partial charge in [-0.25, -0.2) is 0 Å². The highest BCUT2D eigenvalue weighted by Crippen LogP contribution is 2.27. The summed E-state index contributed by atoms with van der Waals surface area (Å²) in [5.74, 6) is 0.884. The van der Waals surface area contributed by atoms with Crippen molar-refractivity contribution >= 4 is 5.78 Å². The molecule has 19 heavy (non-hydrogen) atoms. The SMILES string of the molecule is C=CCC(CC)(C(=O)c1ccc(OC)cc1)N(C)C. The molecule has 1 aromatic carbocycles. The first-order chi connectivity index (χ1) is 9.01. The standard InChI is InChI=1S/C16H23NO2/c1-6-12-16(7-2,17(3)4)15(18)13-8-10-14(19-5)11-9-13/h6,8-11H,1,7,12H2,2-5H3. The minimum atomic E-state index is -0.518. The summed E-state index contributed by atoms with van der Waals surface area (Å²) in [4.78, 5) is 14.8. The van der Waals surface area contributed by atoms with E-state index in [2.05, 4.69) is 6.58 Å². The van der Waals surface area contributed by atoms with Gasteiger partial charge in [-0.3, -0.25) is 9.69 Å². The molecule has 0 saturated carbocycles. The number of Topliss-reactive ketones (excluding diaryl/α,β-unsaturated/α-hetero) is 1. The molecule has 0 saturated heterocycles. The van der Waals surface area contributed by atoms with E-state index >= 15 is 0 Å². The van der Waals surface area contributed by atoms with Gasteiger partial charge in [-0.15, -0.1) is 6.58 Å². The summed E-state index contributed by atoms with van der Waals surface area (Å²) < 4.78 is 5.12. The molecule has 0 aliphatic rings. The summed E-state index contributed by atoms with van der Waals surface area (Å²) in [6, 6.07) is 7.27. The summed E-state index contributed by atoms with van der Waals surface area (Å²) in [6.45, 7) is 5.81. The Morgan fingerprint density at radius 2 is 1.95 bits per heavy atom. The average molecular weight is 261 g/mol. The van der Waals surface area contributed by atoms with E-state index in [-0.39, 0.29) is 5.78 Å². The predicted octanol–water partition coefficient (Wildman–Crippen LogP) is 3.16. The minimum Gasteiger partial charge on any atom is -0.497 e. The number of likely N-dealkylation sites (N-methyl/N-ethyl adjacent to an activating group) is 1. The third-order valence-corrected chi connectivity index (χ3v) is 3.70. The molecule has 1 rings (SSSR count). The summed E-state index contributed by atoms with van der Waals surface area (Å²) in [5, 5.41) is 0. The van der Waals surface area contributed by atoms with Crippen LogP contribution in [-0.4, -0.2) is 37.4 Å². The molecule has 0 amide bonds. The second kappa shape index (κ2) is 6.53. The van der Waals surface area contributed by atoms with Crippen LogP contribution in [0.3, 0.4) is 0 Å². The lowest BCUT2D eigenvalue weighted by Gasteiger charge is -2.37. The fourth-order valence-electron chi connectivity index (χ4n) is 2.35. The van der Waals surface area contributed by atoms with Gasteiger partial charge in [0.1, 0.15) is 5.75 Å². The zero-order valence-electron chi connectivity index (χ0n) is 12.3. The number of nitrogens with zero attached hydrogens (tertiary/aromatic N) is 1. The monoisotopic (exact) mass is 261 g/mol. The molecular weight excluding hydrogens is 238 g/mol. The Hall–Kier alpha value is -1.61. The highest BCUT2D eigenvalue weighted by atomic mass is 16.5. The molecule has 0 spiro atoms. The maximum atomic E-state index is 12.8. The lowest BCUT2D eigenvalue weighted by Crippen LogP contribution is -2.50. The van der Waals surface area contributed by atoms with Crippen LogP contribution in [0.1, 0.15) is 30.1 Å². The number of rotatable bonds is 7. The Labute approximate surface area is 115 Å². The fourth-order valence-corrected chi connectivity index (χ4v) is 2.35. The number of carbonyl (C=O) groups is 1. The van der Waals surface area contributed by atoms with Crippen molar-refractivity contribution in [3.8, 4) is 5.75 Å². The molecule has 3 heteroatoms. The van der Waals surface area contributed by atoms with Gasteiger partial charge in [-0.05, 0) is 51.2 Å². The van der Waals surface area contributed by atoms with E-state index in [4.69, 9.17) is 4.74 Å². The summed E-state index contributed by atoms with van der Waals surface area (Å²) in [6.07, 6.45) is 3.20.